The smallest absolute Gasteiger partial charge is 0.247 e. The molecule has 1 saturated carbocycles. The van der Waals surface area contributed by atoms with Gasteiger partial charge in [0.15, 0.2) is 0 Å². The van der Waals surface area contributed by atoms with Gasteiger partial charge >= 0.3 is 0 Å². The molecule has 1 N–H and O–H groups in total. The third kappa shape index (κ3) is 4.34. The van der Waals surface area contributed by atoms with E-state index in [0.29, 0.717) is 10.7 Å². The van der Waals surface area contributed by atoms with Crippen molar-refractivity contribution in [1.29, 1.82) is 0 Å². The summed E-state index contributed by atoms with van der Waals surface area (Å²) in [7, 11) is -3.62. The molecule has 1 aliphatic heterocycles. The summed E-state index contributed by atoms with van der Waals surface area (Å²) in [6, 6.07) is 6.68. The second kappa shape index (κ2) is 8.00. The molecule has 0 unspecified atom stereocenters. The summed E-state index contributed by atoms with van der Waals surface area (Å²) in [6.07, 6.45) is 6.10. The van der Waals surface area contributed by atoms with E-state index in [4.69, 9.17) is 11.6 Å². The fourth-order valence-corrected chi connectivity index (χ4v) is 4.94. The van der Waals surface area contributed by atoms with Gasteiger partial charge in [0.05, 0.1) is 12.8 Å². The van der Waals surface area contributed by atoms with Crippen LogP contribution in [0.1, 0.15) is 39.0 Å². The minimum Gasteiger partial charge on any atom is -0.351 e. The van der Waals surface area contributed by atoms with Crippen LogP contribution in [0, 0.1) is 0 Å². The number of halogens is 1. The first-order valence-corrected chi connectivity index (χ1v) is 11.7. The topological polar surface area (TPSA) is 86.8 Å². The van der Waals surface area contributed by atoms with Gasteiger partial charge in [-0.2, -0.15) is 4.31 Å². The number of nitrogens with one attached hydrogen (secondary N) is 1. The lowest BCUT2D eigenvalue weighted by Gasteiger charge is -2.47. The molecular weight excluding hydrogens is 402 g/mol. The second-order valence-corrected chi connectivity index (χ2v) is 10.2. The molecule has 2 fully saturated rings. The standard InChI is InChI=1S/C19H26ClN3O4S/c1-19(18(25)21-15-6-4-3-5-7-15)13-22(28(2,26)27)12-17(24)23(19)16-10-8-14(20)9-11-16/h8-11,15H,3-7,12-13H2,1-2H3,(H,21,25)/t19-/m1/s1. The number of hydrogen-bond acceptors (Lipinski definition) is 4. The Hall–Kier alpha value is -1.64. The molecule has 0 radical (unpaired) electrons. The minimum atomic E-state index is -3.62. The molecule has 1 aromatic rings. The zero-order valence-electron chi connectivity index (χ0n) is 16.2. The predicted octanol–water partition coefficient (Wildman–Crippen LogP) is 2.16. The zero-order valence-corrected chi connectivity index (χ0v) is 17.7. The highest BCUT2D eigenvalue weighted by molar-refractivity contribution is 7.88. The van der Waals surface area contributed by atoms with E-state index >= 15 is 0 Å². The van der Waals surface area contributed by atoms with Gasteiger partial charge in [0, 0.05) is 23.3 Å². The maximum absolute atomic E-state index is 13.3. The maximum Gasteiger partial charge on any atom is 0.247 e. The van der Waals surface area contributed by atoms with Crippen molar-refractivity contribution in [1.82, 2.24) is 9.62 Å². The molecule has 28 heavy (non-hydrogen) atoms. The molecule has 1 saturated heterocycles. The first-order chi connectivity index (χ1) is 13.1. The van der Waals surface area contributed by atoms with Crippen LogP contribution in [-0.4, -0.2) is 55.5 Å². The third-order valence-corrected chi connectivity index (χ3v) is 6.97. The van der Waals surface area contributed by atoms with Crippen molar-refractivity contribution in [3.05, 3.63) is 29.3 Å². The van der Waals surface area contributed by atoms with Crippen molar-refractivity contribution in [3.8, 4) is 0 Å². The van der Waals surface area contributed by atoms with Crippen LogP contribution in [0.3, 0.4) is 0 Å². The van der Waals surface area contributed by atoms with Crippen molar-refractivity contribution >= 4 is 39.1 Å². The summed E-state index contributed by atoms with van der Waals surface area (Å²) in [5.41, 5.74) is -0.840. The lowest BCUT2D eigenvalue weighted by atomic mass is 9.91. The molecule has 2 aliphatic rings. The Morgan fingerprint density at radius 3 is 2.36 bits per heavy atom. The number of benzene rings is 1. The Kier molecular flexibility index (Phi) is 6.03. The van der Waals surface area contributed by atoms with Gasteiger partial charge in [-0.05, 0) is 44.0 Å². The number of nitrogens with zero attached hydrogens (tertiary/aromatic N) is 2. The van der Waals surface area contributed by atoms with E-state index in [-0.39, 0.29) is 25.0 Å². The van der Waals surface area contributed by atoms with Gasteiger partial charge in [-0.3, -0.25) is 14.5 Å². The zero-order chi connectivity index (χ0) is 20.5. The average molecular weight is 428 g/mol. The molecule has 1 heterocycles. The Bertz CT molecular complexity index is 852. The van der Waals surface area contributed by atoms with Gasteiger partial charge in [-0.1, -0.05) is 30.9 Å². The van der Waals surface area contributed by atoms with Crippen LogP contribution >= 0.6 is 11.6 Å². The van der Waals surface area contributed by atoms with Gasteiger partial charge in [0.2, 0.25) is 21.8 Å². The van der Waals surface area contributed by atoms with Crippen molar-refractivity contribution in [2.24, 2.45) is 0 Å². The summed E-state index contributed by atoms with van der Waals surface area (Å²) in [5, 5.41) is 3.57. The van der Waals surface area contributed by atoms with Gasteiger partial charge in [-0.25, -0.2) is 8.42 Å². The fourth-order valence-electron chi connectivity index (χ4n) is 3.98. The van der Waals surface area contributed by atoms with E-state index in [2.05, 4.69) is 5.32 Å². The highest BCUT2D eigenvalue weighted by Gasteiger charge is 2.50. The summed E-state index contributed by atoms with van der Waals surface area (Å²) in [6.45, 7) is 1.22. The minimum absolute atomic E-state index is 0.0499. The Morgan fingerprint density at radius 1 is 1.18 bits per heavy atom. The van der Waals surface area contributed by atoms with Crippen LogP contribution in [0.25, 0.3) is 0 Å². The molecule has 1 aliphatic carbocycles. The van der Waals surface area contributed by atoms with Crippen molar-refractivity contribution < 1.29 is 18.0 Å². The SMILES string of the molecule is C[C@]1(C(=O)NC2CCCCC2)CN(S(C)(=O)=O)CC(=O)N1c1ccc(Cl)cc1. The summed E-state index contributed by atoms with van der Waals surface area (Å²) < 4.78 is 25.3. The summed E-state index contributed by atoms with van der Waals surface area (Å²) in [5.74, 6) is -0.781. The van der Waals surface area contributed by atoms with Crippen LogP contribution < -0.4 is 10.2 Å². The van der Waals surface area contributed by atoms with E-state index in [0.717, 1.165) is 42.7 Å². The number of piperazine rings is 1. The van der Waals surface area contributed by atoms with E-state index in [1.54, 1.807) is 31.2 Å². The third-order valence-electron chi connectivity index (χ3n) is 5.52. The molecule has 9 heteroatoms. The molecule has 0 aromatic heterocycles. The van der Waals surface area contributed by atoms with Crippen molar-refractivity contribution in [3.63, 3.8) is 0 Å². The lowest BCUT2D eigenvalue weighted by Crippen LogP contribution is -2.70. The average Bonchev–Trinajstić information content (AvgIpc) is 2.63. The first kappa shape index (κ1) is 21.1. The van der Waals surface area contributed by atoms with E-state index < -0.39 is 21.5 Å². The highest BCUT2D eigenvalue weighted by Crippen LogP contribution is 2.32. The van der Waals surface area contributed by atoms with Gasteiger partial charge in [0.1, 0.15) is 5.54 Å². The van der Waals surface area contributed by atoms with Crippen LogP contribution in [0.15, 0.2) is 24.3 Å². The predicted molar refractivity (Wildman–Crippen MR) is 109 cm³/mol. The fraction of sp³-hybridized carbons (Fsp3) is 0.579. The van der Waals surface area contributed by atoms with E-state index in [1.165, 1.54) is 4.90 Å². The first-order valence-electron chi connectivity index (χ1n) is 9.46. The van der Waals surface area contributed by atoms with Gasteiger partial charge in [-0.15, -0.1) is 0 Å². The van der Waals surface area contributed by atoms with Crippen molar-refractivity contribution in [2.75, 3.05) is 24.2 Å². The number of anilines is 1. The van der Waals surface area contributed by atoms with Crippen LogP contribution in [0.4, 0.5) is 5.69 Å². The van der Waals surface area contributed by atoms with Crippen LogP contribution in [0.5, 0.6) is 0 Å². The van der Waals surface area contributed by atoms with E-state index in [9.17, 15) is 18.0 Å². The molecule has 7 nitrogen and oxygen atoms in total. The van der Waals surface area contributed by atoms with Gasteiger partial charge < -0.3 is 5.32 Å². The van der Waals surface area contributed by atoms with Crippen LogP contribution in [0.2, 0.25) is 5.02 Å². The molecule has 154 valence electrons. The molecule has 1 atom stereocenters. The molecule has 2 amide bonds. The molecule has 0 bridgehead atoms. The summed E-state index contributed by atoms with van der Waals surface area (Å²) >= 11 is 5.96. The molecule has 3 rings (SSSR count). The van der Waals surface area contributed by atoms with Gasteiger partial charge in [0.25, 0.3) is 0 Å². The number of rotatable bonds is 4. The number of amides is 2. The van der Waals surface area contributed by atoms with E-state index in [1.807, 2.05) is 0 Å². The number of hydrogen-bond donors (Lipinski definition) is 1. The highest BCUT2D eigenvalue weighted by atomic mass is 35.5. The Balaban J connectivity index is 1.96. The Labute approximate surface area is 171 Å². The monoisotopic (exact) mass is 427 g/mol. The largest absolute Gasteiger partial charge is 0.351 e. The second-order valence-electron chi connectivity index (χ2n) is 7.82. The molecule has 0 spiro atoms. The summed E-state index contributed by atoms with van der Waals surface area (Å²) in [4.78, 5) is 27.7. The molecule has 1 aromatic carbocycles. The normalized spacial score (nSPS) is 25.0. The van der Waals surface area contributed by atoms with Crippen molar-refractivity contribution in [2.45, 2.75) is 50.6 Å². The van der Waals surface area contributed by atoms with Crippen LogP contribution in [-0.2, 0) is 19.6 Å². The molecular formula is C19H26ClN3O4S. The quantitative estimate of drug-likeness (QED) is 0.797. The number of carbonyl (C=O) groups is 2. The number of sulfonamides is 1. The Morgan fingerprint density at radius 2 is 1.79 bits per heavy atom. The maximum atomic E-state index is 13.3. The lowest BCUT2D eigenvalue weighted by molar-refractivity contribution is -0.133. The number of carbonyl (C=O) groups excluding carboxylic acids is 2.